The quantitative estimate of drug-likeness (QED) is 0.693. The van der Waals surface area contributed by atoms with Gasteiger partial charge in [-0.05, 0) is 41.8 Å². The van der Waals surface area contributed by atoms with Crippen LogP contribution in [-0.4, -0.2) is 41.1 Å². The topological polar surface area (TPSA) is 73.7 Å². The number of aromatic nitrogens is 2. The van der Waals surface area contributed by atoms with E-state index in [1.54, 1.807) is 37.3 Å². The Morgan fingerprint density at radius 2 is 1.82 bits per heavy atom. The predicted molar refractivity (Wildman–Crippen MR) is 105 cm³/mol. The Morgan fingerprint density at radius 1 is 1.11 bits per heavy atom. The number of hydrogen-bond acceptors (Lipinski definition) is 5. The van der Waals surface area contributed by atoms with E-state index in [1.165, 1.54) is 10.9 Å². The summed E-state index contributed by atoms with van der Waals surface area (Å²) >= 11 is 0. The van der Waals surface area contributed by atoms with Crippen LogP contribution in [0, 0.1) is 0 Å². The molecule has 0 fully saturated rings. The number of fused-ring (bicyclic) bond motifs is 2. The van der Waals surface area contributed by atoms with Crippen molar-refractivity contribution in [2.75, 3.05) is 20.8 Å². The number of methoxy groups -OCH3 is 2. The van der Waals surface area contributed by atoms with Gasteiger partial charge in [0.2, 0.25) is 5.91 Å². The van der Waals surface area contributed by atoms with E-state index in [0.29, 0.717) is 35.5 Å². The van der Waals surface area contributed by atoms with E-state index in [1.807, 2.05) is 18.2 Å². The normalized spacial score (nSPS) is 13.3. The van der Waals surface area contributed by atoms with Crippen LogP contribution in [0.4, 0.5) is 0 Å². The minimum atomic E-state index is -0.206. The number of benzene rings is 2. The van der Waals surface area contributed by atoms with Crippen molar-refractivity contribution in [3.05, 3.63) is 64.2 Å². The van der Waals surface area contributed by atoms with E-state index >= 15 is 0 Å². The van der Waals surface area contributed by atoms with Gasteiger partial charge in [-0.25, -0.2) is 4.98 Å². The molecule has 1 aromatic heterocycles. The van der Waals surface area contributed by atoms with Gasteiger partial charge >= 0.3 is 0 Å². The van der Waals surface area contributed by atoms with Crippen molar-refractivity contribution in [3.8, 4) is 11.5 Å². The number of nitrogens with zero attached hydrogens (tertiary/aromatic N) is 3. The fourth-order valence-electron chi connectivity index (χ4n) is 3.56. The molecule has 0 aliphatic carbocycles. The molecule has 1 aliphatic rings. The molecule has 0 N–H and O–H groups in total. The Bertz CT molecular complexity index is 1110. The molecule has 0 unspecified atom stereocenters. The first-order valence-electron chi connectivity index (χ1n) is 9.06. The van der Waals surface area contributed by atoms with Gasteiger partial charge in [0.1, 0.15) is 6.54 Å². The van der Waals surface area contributed by atoms with Crippen molar-refractivity contribution in [3.63, 3.8) is 0 Å². The first-order valence-corrected chi connectivity index (χ1v) is 9.06. The van der Waals surface area contributed by atoms with E-state index in [0.717, 1.165) is 17.5 Å². The molecular formula is C21H21N3O4. The van der Waals surface area contributed by atoms with Gasteiger partial charge in [-0.2, -0.15) is 0 Å². The van der Waals surface area contributed by atoms with Crippen molar-refractivity contribution < 1.29 is 14.3 Å². The lowest BCUT2D eigenvalue weighted by molar-refractivity contribution is -0.132. The summed E-state index contributed by atoms with van der Waals surface area (Å²) in [7, 11) is 3.20. The second-order valence-electron chi connectivity index (χ2n) is 6.74. The molecule has 7 heteroatoms. The van der Waals surface area contributed by atoms with Gasteiger partial charge < -0.3 is 14.4 Å². The summed E-state index contributed by atoms with van der Waals surface area (Å²) < 4.78 is 12.1. The Labute approximate surface area is 162 Å². The second-order valence-corrected chi connectivity index (χ2v) is 6.74. The SMILES string of the molecule is COc1cc2c(cc1OC)CN(C(=O)Cn1cnc3ccccc3c1=O)CC2. The minimum Gasteiger partial charge on any atom is -0.493 e. The number of hydrogen-bond donors (Lipinski definition) is 0. The molecule has 7 nitrogen and oxygen atoms in total. The first kappa shape index (κ1) is 18.0. The van der Waals surface area contributed by atoms with Crippen molar-refractivity contribution >= 4 is 16.8 Å². The van der Waals surface area contributed by atoms with Crippen LogP contribution in [-0.2, 0) is 24.3 Å². The summed E-state index contributed by atoms with van der Waals surface area (Å²) in [6.45, 7) is 1.04. The summed E-state index contributed by atoms with van der Waals surface area (Å²) in [4.78, 5) is 31.5. The zero-order valence-electron chi connectivity index (χ0n) is 15.8. The van der Waals surface area contributed by atoms with Crippen LogP contribution in [0.3, 0.4) is 0 Å². The zero-order valence-corrected chi connectivity index (χ0v) is 15.8. The summed E-state index contributed by atoms with van der Waals surface area (Å²) in [5.74, 6) is 1.22. The number of rotatable bonds is 4. The average Bonchev–Trinajstić information content (AvgIpc) is 2.74. The average molecular weight is 379 g/mol. The van der Waals surface area contributed by atoms with Gasteiger partial charge in [-0.3, -0.25) is 14.2 Å². The number of ether oxygens (including phenoxy) is 2. The van der Waals surface area contributed by atoms with Gasteiger partial charge in [0.25, 0.3) is 5.56 Å². The van der Waals surface area contributed by atoms with Crippen LogP contribution in [0.2, 0.25) is 0 Å². The Morgan fingerprint density at radius 3 is 2.57 bits per heavy atom. The first-order chi connectivity index (χ1) is 13.6. The molecule has 0 saturated carbocycles. The van der Waals surface area contributed by atoms with Crippen LogP contribution >= 0.6 is 0 Å². The maximum absolute atomic E-state index is 12.8. The minimum absolute atomic E-state index is 0.0285. The Hall–Kier alpha value is -3.35. The summed E-state index contributed by atoms with van der Waals surface area (Å²) in [6, 6.07) is 11.0. The van der Waals surface area contributed by atoms with E-state index < -0.39 is 0 Å². The highest BCUT2D eigenvalue weighted by atomic mass is 16.5. The van der Waals surface area contributed by atoms with E-state index in [2.05, 4.69) is 4.98 Å². The maximum atomic E-state index is 12.8. The van der Waals surface area contributed by atoms with Gasteiger partial charge in [0.15, 0.2) is 11.5 Å². The van der Waals surface area contributed by atoms with E-state index in [4.69, 9.17) is 9.47 Å². The van der Waals surface area contributed by atoms with E-state index in [-0.39, 0.29) is 18.0 Å². The fraction of sp³-hybridized carbons (Fsp3) is 0.286. The van der Waals surface area contributed by atoms with Crippen LogP contribution in [0.15, 0.2) is 47.5 Å². The molecule has 2 aromatic carbocycles. The van der Waals surface area contributed by atoms with Crippen molar-refractivity contribution in [1.29, 1.82) is 0 Å². The van der Waals surface area contributed by atoms with Crippen LogP contribution < -0.4 is 15.0 Å². The third-order valence-electron chi connectivity index (χ3n) is 5.11. The molecular weight excluding hydrogens is 358 g/mol. The molecule has 0 bridgehead atoms. The molecule has 2 heterocycles. The van der Waals surface area contributed by atoms with Crippen LogP contribution in [0.5, 0.6) is 11.5 Å². The highest BCUT2D eigenvalue weighted by Gasteiger charge is 2.23. The largest absolute Gasteiger partial charge is 0.493 e. The molecule has 3 aromatic rings. The molecule has 0 atom stereocenters. The fourth-order valence-corrected chi connectivity index (χ4v) is 3.56. The zero-order chi connectivity index (χ0) is 19.7. The summed E-state index contributed by atoms with van der Waals surface area (Å²) in [5.41, 5.74) is 2.60. The molecule has 28 heavy (non-hydrogen) atoms. The Kier molecular flexibility index (Phi) is 4.73. The molecule has 0 spiro atoms. The Balaban J connectivity index is 1.56. The van der Waals surface area contributed by atoms with Crippen molar-refractivity contribution in [2.24, 2.45) is 0 Å². The molecule has 0 radical (unpaired) electrons. The number of amides is 1. The monoisotopic (exact) mass is 379 g/mol. The predicted octanol–water partition coefficient (Wildman–Crippen LogP) is 2.00. The molecule has 1 amide bonds. The molecule has 0 saturated heterocycles. The number of carbonyl (C=O) groups is 1. The van der Waals surface area contributed by atoms with Crippen molar-refractivity contribution in [1.82, 2.24) is 14.5 Å². The van der Waals surface area contributed by atoms with Gasteiger partial charge in [-0.1, -0.05) is 12.1 Å². The summed E-state index contributed by atoms with van der Waals surface area (Å²) in [6.07, 6.45) is 2.17. The summed E-state index contributed by atoms with van der Waals surface area (Å²) in [5, 5.41) is 0.513. The number of para-hydroxylation sites is 1. The highest BCUT2D eigenvalue weighted by Crippen LogP contribution is 2.33. The second kappa shape index (κ2) is 7.34. The van der Waals surface area contributed by atoms with E-state index in [9.17, 15) is 9.59 Å². The van der Waals surface area contributed by atoms with Gasteiger partial charge in [0, 0.05) is 13.1 Å². The van der Waals surface area contributed by atoms with Crippen molar-refractivity contribution in [2.45, 2.75) is 19.5 Å². The van der Waals surface area contributed by atoms with Crippen LogP contribution in [0.1, 0.15) is 11.1 Å². The van der Waals surface area contributed by atoms with Gasteiger partial charge in [-0.15, -0.1) is 0 Å². The lowest BCUT2D eigenvalue weighted by Gasteiger charge is -2.29. The lowest BCUT2D eigenvalue weighted by Crippen LogP contribution is -2.39. The van der Waals surface area contributed by atoms with Gasteiger partial charge in [0.05, 0.1) is 31.4 Å². The third kappa shape index (κ3) is 3.19. The third-order valence-corrected chi connectivity index (χ3v) is 5.11. The smallest absolute Gasteiger partial charge is 0.261 e. The molecule has 1 aliphatic heterocycles. The van der Waals surface area contributed by atoms with Crippen LogP contribution in [0.25, 0.3) is 10.9 Å². The maximum Gasteiger partial charge on any atom is 0.261 e. The molecule has 4 rings (SSSR count). The standard InChI is InChI=1S/C21H21N3O4/c1-27-18-9-14-7-8-23(11-15(14)10-19(18)28-2)20(25)12-24-13-22-17-6-4-3-5-16(17)21(24)26/h3-6,9-10,13H,7-8,11-12H2,1-2H3. The number of carbonyl (C=O) groups excluding carboxylic acids is 1. The highest BCUT2D eigenvalue weighted by molar-refractivity contribution is 5.79. The lowest BCUT2D eigenvalue weighted by atomic mass is 9.98. The molecule has 144 valence electrons.